The highest BCUT2D eigenvalue weighted by atomic mass is 32.2. The molecule has 0 radical (unpaired) electrons. The van der Waals surface area contributed by atoms with E-state index in [0.717, 1.165) is 29.5 Å². The van der Waals surface area contributed by atoms with Crippen LogP contribution in [0.15, 0.2) is 35.6 Å². The average molecular weight is 470 g/mol. The number of pyridine rings is 1. The van der Waals surface area contributed by atoms with Crippen molar-refractivity contribution < 1.29 is 4.79 Å². The fraction of sp³-hybridized carbons (Fsp3) is 0.654. The fourth-order valence-corrected chi connectivity index (χ4v) is 6.83. The van der Waals surface area contributed by atoms with Crippen LogP contribution in [0.2, 0.25) is 0 Å². The molecule has 4 rings (SSSR count). The average Bonchev–Trinajstić information content (AvgIpc) is 3.21. The summed E-state index contributed by atoms with van der Waals surface area (Å²) in [5.74, 6) is 0.787. The third kappa shape index (κ3) is 7.06. The molecule has 0 spiro atoms. The van der Waals surface area contributed by atoms with Gasteiger partial charge in [0.1, 0.15) is 0 Å². The summed E-state index contributed by atoms with van der Waals surface area (Å²) in [6.45, 7) is 4.69. The monoisotopic (exact) mass is 469 g/mol. The first kappa shape index (κ1) is 24.3. The molecule has 2 unspecified atom stereocenters. The van der Waals surface area contributed by atoms with Crippen molar-refractivity contribution in [2.75, 3.05) is 13.1 Å². The summed E-state index contributed by atoms with van der Waals surface area (Å²) >= 11 is 1.80. The Kier molecular flexibility index (Phi) is 8.84. The Morgan fingerprint density at radius 1 is 1.18 bits per heavy atom. The normalized spacial score (nSPS) is 29.8. The van der Waals surface area contributed by atoms with Crippen molar-refractivity contribution in [2.24, 2.45) is 16.6 Å². The van der Waals surface area contributed by atoms with Gasteiger partial charge in [-0.3, -0.25) is 14.8 Å². The summed E-state index contributed by atoms with van der Waals surface area (Å²) in [5, 5.41) is 4.58. The van der Waals surface area contributed by atoms with Gasteiger partial charge < -0.3 is 16.0 Å². The molecule has 2 heterocycles. The van der Waals surface area contributed by atoms with Crippen LogP contribution < -0.4 is 11.1 Å². The highest BCUT2D eigenvalue weighted by Gasteiger charge is 2.37. The van der Waals surface area contributed by atoms with Gasteiger partial charge in [0.05, 0.1) is 6.04 Å². The number of fused-ring (bicyclic) bond motifs is 1. The summed E-state index contributed by atoms with van der Waals surface area (Å²) in [5.41, 5.74) is 6.98. The predicted octanol–water partition coefficient (Wildman–Crippen LogP) is 4.22. The Bertz CT molecular complexity index is 821. The second-order valence-corrected chi connectivity index (χ2v) is 11.1. The lowest BCUT2D eigenvalue weighted by Crippen LogP contribution is -2.44. The number of carbonyl (C=O) groups excluding carboxylic acids is 1. The van der Waals surface area contributed by atoms with Gasteiger partial charge in [0.25, 0.3) is 0 Å². The molecule has 3 atom stereocenters. The van der Waals surface area contributed by atoms with Gasteiger partial charge in [0, 0.05) is 35.8 Å². The molecule has 0 aromatic carbocycles. The fourth-order valence-electron chi connectivity index (χ4n) is 5.65. The zero-order chi connectivity index (χ0) is 23.0. The minimum atomic E-state index is 0.00869. The van der Waals surface area contributed by atoms with Gasteiger partial charge in [-0.1, -0.05) is 18.7 Å². The number of thioether (sulfide) groups is 1. The van der Waals surface area contributed by atoms with Crippen molar-refractivity contribution in [1.29, 1.82) is 0 Å². The Balaban J connectivity index is 1.17. The van der Waals surface area contributed by atoms with Crippen molar-refractivity contribution in [1.82, 2.24) is 15.2 Å². The van der Waals surface area contributed by atoms with Crippen LogP contribution in [0.1, 0.15) is 70.3 Å². The molecule has 180 valence electrons. The predicted molar refractivity (Wildman–Crippen MR) is 138 cm³/mol. The zero-order valence-corrected chi connectivity index (χ0v) is 20.7. The maximum absolute atomic E-state index is 12.3. The minimum absolute atomic E-state index is 0.00869. The second kappa shape index (κ2) is 12.0. The van der Waals surface area contributed by atoms with Crippen molar-refractivity contribution in [2.45, 2.75) is 88.1 Å². The summed E-state index contributed by atoms with van der Waals surface area (Å²) in [6.07, 6.45) is 17.7. The zero-order valence-electron chi connectivity index (χ0n) is 19.9. The molecule has 3 aliphatic rings. The van der Waals surface area contributed by atoms with Crippen LogP contribution in [0.4, 0.5) is 0 Å². The van der Waals surface area contributed by atoms with E-state index < -0.39 is 0 Å². The van der Waals surface area contributed by atoms with Crippen molar-refractivity contribution in [3.63, 3.8) is 0 Å². The molecular formula is C26H39N5OS. The third-order valence-corrected chi connectivity index (χ3v) is 8.63. The van der Waals surface area contributed by atoms with Crippen LogP contribution in [0.3, 0.4) is 0 Å². The number of nitrogens with zero attached hydrogens (tertiary/aromatic N) is 3. The standard InChI is InChI=1S/C26H39N5OS/c1-2-16-31(22-8-9-23-24(18-22)33-26(27)30-23)17-13-19-3-6-21(7-4-19)29-25(32)10-5-20-11-14-28-15-12-20/h5,10-12,14-15,19,21-24H,2-4,6-9,13,16-18H2,1H3,(H2,27,30)(H,29,32)/b10-5+/t19?,21?,22-,23?,24?/m0/s1. The second-order valence-electron chi connectivity index (χ2n) is 9.82. The van der Waals surface area contributed by atoms with E-state index in [1.54, 1.807) is 30.2 Å². The number of hydrogen-bond acceptors (Lipinski definition) is 6. The molecule has 0 bridgehead atoms. The highest BCUT2D eigenvalue weighted by Crippen LogP contribution is 2.38. The number of nitrogens with two attached hydrogens (primary N) is 1. The number of aliphatic imine (C=N–C) groups is 1. The molecule has 7 heteroatoms. The molecule has 1 amide bonds. The van der Waals surface area contributed by atoms with E-state index in [-0.39, 0.29) is 5.91 Å². The molecule has 2 fully saturated rings. The number of hydrogen-bond donors (Lipinski definition) is 2. The number of rotatable bonds is 9. The number of aromatic nitrogens is 1. The van der Waals surface area contributed by atoms with Gasteiger partial charge >= 0.3 is 0 Å². The van der Waals surface area contributed by atoms with E-state index in [9.17, 15) is 4.79 Å². The largest absolute Gasteiger partial charge is 0.379 e. The van der Waals surface area contributed by atoms with Crippen LogP contribution in [-0.4, -0.2) is 57.4 Å². The molecular weight excluding hydrogens is 430 g/mol. The number of amidine groups is 1. The van der Waals surface area contributed by atoms with E-state index in [0.29, 0.717) is 23.4 Å². The Hall–Kier alpha value is -1.86. The first-order chi connectivity index (χ1) is 16.1. The minimum Gasteiger partial charge on any atom is -0.379 e. The van der Waals surface area contributed by atoms with E-state index in [1.165, 1.54) is 58.0 Å². The lowest BCUT2D eigenvalue weighted by molar-refractivity contribution is -0.117. The van der Waals surface area contributed by atoms with Crippen LogP contribution in [0, 0.1) is 5.92 Å². The Labute approximate surface area is 202 Å². The molecule has 33 heavy (non-hydrogen) atoms. The Morgan fingerprint density at radius 3 is 2.73 bits per heavy atom. The molecule has 1 aromatic heterocycles. The van der Waals surface area contributed by atoms with Crippen LogP contribution >= 0.6 is 11.8 Å². The molecule has 1 aliphatic heterocycles. The lowest BCUT2D eigenvalue weighted by atomic mass is 9.83. The van der Waals surface area contributed by atoms with Gasteiger partial charge in [-0.25, -0.2) is 0 Å². The quantitative estimate of drug-likeness (QED) is 0.529. The molecule has 2 saturated carbocycles. The highest BCUT2D eigenvalue weighted by molar-refractivity contribution is 8.14. The molecule has 1 aromatic rings. The number of nitrogens with one attached hydrogen (secondary N) is 1. The van der Waals surface area contributed by atoms with E-state index in [2.05, 4.69) is 27.1 Å². The van der Waals surface area contributed by atoms with Crippen LogP contribution in [0.25, 0.3) is 6.08 Å². The third-order valence-electron chi connectivity index (χ3n) is 7.47. The topological polar surface area (TPSA) is 83.6 Å². The maximum Gasteiger partial charge on any atom is 0.244 e. The van der Waals surface area contributed by atoms with Gasteiger partial charge in [0.2, 0.25) is 5.91 Å². The molecule has 2 aliphatic carbocycles. The maximum atomic E-state index is 12.3. The van der Waals surface area contributed by atoms with Crippen LogP contribution in [-0.2, 0) is 4.79 Å². The van der Waals surface area contributed by atoms with Crippen molar-refractivity contribution in [3.8, 4) is 0 Å². The molecule has 0 saturated heterocycles. The summed E-state index contributed by atoms with van der Waals surface area (Å²) in [7, 11) is 0. The van der Waals surface area contributed by atoms with Gasteiger partial charge in [-0.05, 0) is 101 Å². The first-order valence-corrected chi connectivity index (χ1v) is 13.6. The van der Waals surface area contributed by atoms with Gasteiger partial charge in [-0.15, -0.1) is 0 Å². The van der Waals surface area contributed by atoms with Gasteiger partial charge in [0.15, 0.2) is 5.17 Å². The Morgan fingerprint density at radius 2 is 1.97 bits per heavy atom. The lowest BCUT2D eigenvalue weighted by Gasteiger charge is -2.39. The van der Waals surface area contributed by atoms with Crippen LogP contribution in [0.5, 0.6) is 0 Å². The smallest absolute Gasteiger partial charge is 0.244 e. The number of amides is 1. The molecule has 6 nitrogen and oxygen atoms in total. The summed E-state index contributed by atoms with van der Waals surface area (Å²) < 4.78 is 0. The van der Waals surface area contributed by atoms with E-state index in [4.69, 9.17) is 5.73 Å². The summed E-state index contributed by atoms with van der Waals surface area (Å²) in [4.78, 5) is 23.7. The van der Waals surface area contributed by atoms with Crippen molar-refractivity contribution in [3.05, 3.63) is 36.2 Å². The SMILES string of the molecule is CCCN(CCC1CCC(NC(=O)/C=C/c2ccncc2)CC1)[C@H]1CCC2N=C(N)SC2C1. The molecule has 3 N–H and O–H groups in total. The first-order valence-electron chi connectivity index (χ1n) is 12.7. The summed E-state index contributed by atoms with van der Waals surface area (Å²) in [6, 6.07) is 5.25. The van der Waals surface area contributed by atoms with Crippen molar-refractivity contribution >= 4 is 28.9 Å². The number of carbonyl (C=O) groups is 1. The van der Waals surface area contributed by atoms with E-state index in [1.807, 2.05) is 18.2 Å². The van der Waals surface area contributed by atoms with E-state index >= 15 is 0 Å². The van der Waals surface area contributed by atoms with Gasteiger partial charge in [-0.2, -0.15) is 0 Å².